The highest BCUT2D eigenvalue weighted by Gasteiger charge is 2.51. The Morgan fingerprint density at radius 2 is 1.84 bits per heavy atom. The van der Waals surface area contributed by atoms with E-state index in [1.165, 1.54) is 49.6 Å². The molecule has 1 unspecified atom stereocenters. The van der Waals surface area contributed by atoms with E-state index in [-0.39, 0.29) is 22.4 Å². The molecule has 1 saturated carbocycles. The molecule has 1 heterocycles. The van der Waals surface area contributed by atoms with Gasteiger partial charge in [-0.05, 0) is 61.4 Å². The first-order valence-electron chi connectivity index (χ1n) is 10.4. The van der Waals surface area contributed by atoms with Gasteiger partial charge in [0, 0.05) is 18.8 Å². The summed E-state index contributed by atoms with van der Waals surface area (Å²) in [4.78, 5) is 0. The minimum atomic E-state index is -4.80. The van der Waals surface area contributed by atoms with Crippen LogP contribution in [0.15, 0.2) is 46.0 Å². The first-order chi connectivity index (χ1) is 15.0. The van der Waals surface area contributed by atoms with Crippen LogP contribution in [0.4, 0.5) is 18.9 Å². The van der Waals surface area contributed by atoms with Crippen LogP contribution in [0.3, 0.4) is 0 Å². The standard InChI is InChI=1S/C21H28F3N3O3S2/c1-20(28,21(22,23)24)16-7-9-17(10-8-16)27-18(13-25-12-15-4-2-5-15)14-26-32(29,30)19-6-3-11-31-19/h3,6-11,15,18,25-28H,2,4-5,12-14H2,1H3/t18-,20?/m0/s1. The molecule has 1 fully saturated rings. The highest BCUT2D eigenvalue weighted by atomic mass is 32.2. The summed E-state index contributed by atoms with van der Waals surface area (Å²) in [7, 11) is -3.64. The molecular formula is C21H28F3N3O3S2. The van der Waals surface area contributed by atoms with Gasteiger partial charge in [0.1, 0.15) is 4.21 Å². The number of thiophene rings is 1. The summed E-state index contributed by atoms with van der Waals surface area (Å²) in [5.74, 6) is 0.627. The van der Waals surface area contributed by atoms with Crippen LogP contribution in [-0.4, -0.2) is 45.4 Å². The van der Waals surface area contributed by atoms with Crippen LogP contribution in [0.5, 0.6) is 0 Å². The molecule has 11 heteroatoms. The molecule has 0 radical (unpaired) electrons. The van der Waals surface area contributed by atoms with Gasteiger partial charge in [0.05, 0.1) is 6.04 Å². The van der Waals surface area contributed by atoms with Crippen molar-refractivity contribution < 1.29 is 26.7 Å². The molecule has 1 aliphatic carbocycles. The summed E-state index contributed by atoms with van der Waals surface area (Å²) >= 11 is 1.12. The van der Waals surface area contributed by atoms with E-state index in [4.69, 9.17) is 0 Å². The van der Waals surface area contributed by atoms with Crippen LogP contribution in [-0.2, 0) is 15.6 Å². The number of sulfonamides is 1. The molecule has 0 saturated heterocycles. The Kier molecular flexibility index (Phi) is 7.87. The van der Waals surface area contributed by atoms with Crippen molar-refractivity contribution in [2.45, 2.75) is 48.2 Å². The van der Waals surface area contributed by atoms with Gasteiger partial charge >= 0.3 is 6.18 Å². The number of alkyl halides is 3. The van der Waals surface area contributed by atoms with E-state index in [0.717, 1.165) is 17.9 Å². The van der Waals surface area contributed by atoms with Crippen molar-refractivity contribution in [1.29, 1.82) is 0 Å². The van der Waals surface area contributed by atoms with E-state index in [2.05, 4.69) is 15.4 Å². The first kappa shape index (κ1) is 25.0. The molecule has 4 N–H and O–H groups in total. The second-order valence-electron chi connectivity index (χ2n) is 8.23. The number of hydrogen-bond acceptors (Lipinski definition) is 6. The molecule has 2 atom stereocenters. The lowest BCUT2D eigenvalue weighted by Gasteiger charge is -2.28. The number of rotatable bonds is 11. The van der Waals surface area contributed by atoms with E-state index in [0.29, 0.717) is 25.1 Å². The maximum atomic E-state index is 13.1. The highest BCUT2D eigenvalue weighted by molar-refractivity contribution is 7.91. The second-order valence-corrected chi connectivity index (χ2v) is 11.2. The smallest absolute Gasteiger partial charge is 0.380 e. The van der Waals surface area contributed by atoms with Crippen LogP contribution in [0.1, 0.15) is 31.7 Å². The minimum absolute atomic E-state index is 0.0971. The first-order valence-corrected chi connectivity index (χ1v) is 12.8. The van der Waals surface area contributed by atoms with Gasteiger partial charge in [0.2, 0.25) is 10.0 Å². The van der Waals surface area contributed by atoms with E-state index in [1.807, 2.05) is 0 Å². The molecule has 1 aromatic heterocycles. The maximum absolute atomic E-state index is 13.1. The summed E-state index contributed by atoms with van der Waals surface area (Å²) in [6.45, 7) is 2.12. The van der Waals surface area contributed by atoms with Crippen molar-refractivity contribution in [3.05, 3.63) is 47.3 Å². The summed E-state index contributed by atoms with van der Waals surface area (Å²) in [6, 6.07) is 8.17. The van der Waals surface area contributed by atoms with Gasteiger partial charge in [-0.1, -0.05) is 24.6 Å². The molecule has 3 rings (SSSR count). The fourth-order valence-corrected chi connectivity index (χ4v) is 5.44. The molecule has 6 nitrogen and oxygen atoms in total. The Morgan fingerprint density at radius 1 is 1.16 bits per heavy atom. The third-order valence-corrected chi connectivity index (χ3v) is 8.52. The number of benzene rings is 1. The minimum Gasteiger partial charge on any atom is -0.380 e. The number of anilines is 1. The molecule has 0 amide bonds. The number of halogens is 3. The number of nitrogens with one attached hydrogen (secondary N) is 3. The molecule has 1 aliphatic rings. The van der Waals surface area contributed by atoms with Gasteiger partial charge in [-0.3, -0.25) is 0 Å². The number of aliphatic hydroxyl groups is 1. The van der Waals surface area contributed by atoms with E-state index < -0.39 is 21.8 Å². The average molecular weight is 492 g/mol. The van der Waals surface area contributed by atoms with Crippen LogP contribution in [0.2, 0.25) is 0 Å². The average Bonchev–Trinajstić information content (AvgIpc) is 3.23. The Morgan fingerprint density at radius 3 is 2.38 bits per heavy atom. The second kappa shape index (κ2) is 10.1. The summed E-state index contributed by atoms with van der Waals surface area (Å²) in [6.07, 6.45) is -1.22. The summed E-state index contributed by atoms with van der Waals surface area (Å²) in [5.41, 5.74) is -2.70. The lowest BCUT2D eigenvalue weighted by atomic mass is 9.85. The summed E-state index contributed by atoms with van der Waals surface area (Å²) < 4.78 is 66.9. The maximum Gasteiger partial charge on any atom is 0.421 e. The predicted molar refractivity (Wildman–Crippen MR) is 119 cm³/mol. The zero-order valence-electron chi connectivity index (χ0n) is 17.7. The van der Waals surface area contributed by atoms with Gasteiger partial charge in [-0.2, -0.15) is 13.2 Å². The quantitative estimate of drug-likeness (QED) is 0.385. The summed E-state index contributed by atoms with van der Waals surface area (Å²) in [5, 5.41) is 18.0. The lowest BCUT2D eigenvalue weighted by Crippen LogP contribution is -2.44. The molecule has 0 aliphatic heterocycles. The fourth-order valence-electron chi connectivity index (χ4n) is 3.32. The monoisotopic (exact) mass is 491 g/mol. The Labute approximate surface area is 190 Å². The van der Waals surface area contributed by atoms with Crippen molar-refractivity contribution >= 4 is 27.0 Å². The molecule has 0 bridgehead atoms. The molecule has 0 spiro atoms. The van der Waals surface area contributed by atoms with Crippen molar-refractivity contribution in [2.75, 3.05) is 25.0 Å². The molecule has 1 aromatic carbocycles. The Bertz CT molecular complexity index is 958. The largest absolute Gasteiger partial charge is 0.421 e. The Hall–Kier alpha value is -1.66. The van der Waals surface area contributed by atoms with Gasteiger partial charge in [0.25, 0.3) is 0 Å². The normalized spacial score (nSPS) is 18.0. The topological polar surface area (TPSA) is 90.5 Å². The SMILES string of the molecule is CC(O)(c1ccc(N[C@@H](CNCC2CCC2)CNS(=O)(=O)c2cccs2)cc1)C(F)(F)F. The van der Waals surface area contributed by atoms with Gasteiger partial charge in [0.15, 0.2) is 5.60 Å². The van der Waals surface area contributed by atoms with Gasteiger partial charge in [-0.25, -0.2) is 13.1 Å². The van der Waals surface area contributed by atoms with Crippen molar-refractivity contribution in [3.63, 3.8) is 0 Å². The van der Waals surface area contributed by atoms with E-state index >= 15 is 0 Å². The molecule has 2 aromatic rings. The zero-order valence-corrected chi connectivity index (χ0v) is 19.3. The molecular weight excluding hydrogens is 463 g/mol. The van der Waals surface area contributed by atoms with Gasteiger partial charge < -0.3 is 15.7 Å². The van der Waals surface area contributed by atoms with E-state index in [1.54, 1.807) is 11.4 Å². The lowest BCUT2D eigenvalue weighted by molar-refractivity contribution is -0.258. The zero-order chi connectivity index (χ0) is 23.4. The van der Waals surface area contributed by atoms with Crippen LogP contribution in [0, 0.1) is 5.92 Å². The fraction of sp³-hybridized carbons (Fsp3) is 0.524. The third kappa shape index (κ3) is 6.22. The third-order valence-electron chi connectivity index (χ3n) is 5.70. The van der Waals surface area contributed by atoms with Crippen molar-refractivity contribution in [2.24, 2.45) is 5.92 Å². The van der Waals surface area contributed by atoms with Crippen LogP contribution < -0.4 is 15.4 Å². The van der Waals surface area contributed by atoms with Gasteiger partial charge in [-0.15, -0.1) is 11.3 Å². The predicted octanol–water partition coefficient (Wildman–Crippen LogP) is 3.67. The molecule has 178 valence electrons. The highest BCUT2D eigenvalue weighted by Crippen LogP contribution is 2.38. The van der Waals surface area contributed by atoms with Crippen molar-refractivity contribution in [3.8, 4) is 0 Å². The molecule has 32 heavy (non-hydrogen) atoms. The number of hydrogen-bond donors (Lipinski definition) is 4. The van der Waals surface area contributed by atoms with Crippen LogP contribution >= 0.6 is 11.3 Å². The Balaban J connectivity index is 1.65. The van der Waals surface area contributed by atoms with Crippen molar-refractivity contribution in [1.82, 2.24) is 10.0 Å². The van der Waals surface area contributed by atoms with E-state index in [9.17, 15) is 26.7 Å². The van der Waals surface area contributed by atoms with Crippen LogP contribution in [0.25, 0.3) is 0 Å².